The Morgan fingerprint density at radius 2 is 1.59 bits per heavy atom. The second-order valence-corrected chi connectivity index (χ2v) is 5.90. The van der Waals surface area contributed by atoms with Crippen molar-refractivity contribution in [1.82, 2.24) is 0 Å². The number of rotatable bonds is 1. The van der Waals surface area contributed by atoms with Gasteiger partial charge in [0.1, 0.15) is 13.1 Å². The lowest BCUT2D eigenvalue weighted by atomic mass is 9.51. The highest BCUT2D eigenvalue weighted by Gasteiger charge is 2.68. The van der Waals surface area contributed by atoms with Gasteiger partial charge in [-0.3, -0.25) is 9.59 Å². The minimum Gasteiger partial charge on any atom is -0.600 e. The van der Waals surface area contributed by atoms with Crippen LogP contribution in [0.4, 0.5) is 0 Å². The van der Waals surface area contributed by atoms with Crippen molar-refractivity contribution in [3.8, 4) is 0 Å². The van der Waals surface area contributed by atoms with E-state index >= 15 is 0 Å². The molecule has 3 rings (SSSR count). The highest BCUT2D eigenvalue weighted by molar-refractivity contribution is 6.67. The molecule has 0 aromatic heterocycles. The lowest BCUT2D eigenvalue weighted by Crippen LogP contribution is -2.62. The molecule has 0 spiro atoms. The third kappa shape index (κ3) is 1.43. The smallest absolute Gasteiger partial charge is 0.586 e. The number of likely N-dealkylation sites (N-methyl/N-ethyl adjacent to an activating group) is 1. The second kappa shape index (κ2) is 3.48. The molecule has 6 heteroatoms. The average molecular weight is 239 g/mol. The summed E-state index contributed by atoms with van der Waals surface area (Å²) in [6.45, 7) is -1.21. The maximum atomic E-state index is 11.6. The predicted octanol–water partition coefficient (Wildman–Crippen LogP) is 0.820. The second-order valence-electron chi connectivity index (χ2n) is 5.90. The standard InChI is InChI=1S/C11H18BNO4/c1-13-7-10(14)16-12(13,17-11(15)8-13)9-5-3-2-4-6-9/h9H,2-8H2,1H3. The molecule has 0 N–H and O–H groups in total. The van der Waals surface area contributed by atoms with E-state index in [-0.39, 0.29) is 30.8 Å². The van der Waals surface area contributed by atoms with Crippen LogP contribution in [-0.2, 0) is 18.9 Å². The summed E-state index contributed by atoms with van der Waals surface area (Å²) in [6.07, 6.45) is 5.53. The summed E-state index contributed by atoms with van der Waals surface area (Å²) >= 11 is 0. The summed E-state index contributed by atoms with van der Waals surface area (Å²) in [5, 5.41) is 0. The number of carbonyl (C=O) groups is 2. The third-order valence-electron chi connectivity index (χ3n) is 4.70. The van der Waals surface area contributed by atoms with Crippen molar-refractivity contribution in [2.75, 3.05) is 20.1 Å². The normalized spacial score (nSPS) is 42.2. The number of nitrogens with zero attached hydrogens (tertiary/aromatic N) is 1. The zero-order valence-electron chi connectivity index (χ0n) is 10.2. The fourth-order valence-corrected chi connectivity index (χ4v) is 3.89. The Kier molecular flexibility index (Phi) is 2.27. The minimum atomic E-state index is -1.77. The van der Waals surface area contributed by atoms with Crippen LogP contribution in [0.5, 0.6) is 0 Å². The molecular formula is C11H18BNO4. The Morgan fingerprint density at radius 3 is 2.12 bits per heavy atom. The molecule has 0 radical (unpaired) electrons. The van der Waals surface area contributed by atoms with Crippen LogP contribution in [-0.4, -0.2) is 43.2 Å². The van der Waals surface area contributed by atoms with E-state index in [1.54, 1.807) is 0 Å². The van der Waals surface area contributed by atoms with Crippen LogP contribution in [0.3, 0.4) is 0 Å². The Morgan fingerprint density at radius 1 is 1.06 bits per heavy atom. The van der Waals surface area contributed by atoms with Gasteiger partial charge in [0.05, 0.1) is 0 Å². The van der Waals surface area contributed by atoms with E-state index in [9.17, 15) is 9.59 Å². The molecule has 0 atom stereocenters. The molecule has 2 saturated heterocycles. The van der Waals surface area contributed by atoms with E-state index in [0.717, 1.165) is 25.7 Å². The summed E-state index contributed by atoms with van der Waals surface area (Å²) in [5.74, 6) is -0.206. The number of carbonyl (C=O) groups excluding carboxylic acids is 2. The molecule has 2 aliphatic heterocycles. The van der Waals surface area contributed by atoms with Gasteiger partial charge < -0.3 is 13.7 Å². The number of hydrogen-bond donors (Lipinski definition) is 0. The Bertz CT molecular complexity index is 358. The van der Waals surface area contributed by atoms with Gasteiger partial charge in [-0.1, -0.05) is 32.1 Å². The molecule has 0 aromatic rings. The van der Waals surface area contributed by atoms with Crippen molar-refractivity contribution in [2.24, 2.45) is 0 Å². The Labute approximate surface area is 101 Å². The van der Waals surface area contributed by atoms with Crippen molar-refractivity contribution < 1.29 is 23.3 Å². The number of quaternary nitrogens is 1. The summed E-state index contributed by atoms with van der Waals surface area (Å²) in [5.41, 5.74) is 0. The molecule has 0 aromatic carbocycles. The highest BCUT2D eigenvalue weighted by atomic mass is 16.7. The lowest BCUT2D eigenvalue weighted by Gasteiger charge is -2.45. The maximum absolute atomic E-state index is 11.6. The fourth-order valence-electron chi connectivity index (χ4n) is 3.89. The molecule has 5 nitrogen and oxygen atoms in total. The quantitative estimate of drug-likeness (QED) is 0.635. The molecule has 17 heavy (non-hydrogen) atoms. The average Bonchev–Trinajstić information content (AvgIpc) is 2.64. The van der Waals surface area contributed by atoms with Gasteiger partial charge in [0, 0.05) is 7.05 Å². The molecule has 0 amide bonds. The summed E-state index contributed by atoms with van der Waals surface area (Å²) in [4.78, 5) is 23.2. The molecule has 1 saturated carbocycles. The van der Waals surface area contributed by atoms with Crippen LogP contribution >= 0.6 is 0 Å². The molecule has 94 valence electrons. The van der Waals surface area contributed by atoms with Crippen LogP contribution in [0.1, 0.15) is 32.1 Å². The van der Waals surface area contributed by atoms with Gasteiger partial charge >= 0.3 is 18.6 Å². The van der Waals surface area contributed by atoms with Crippen molar-refractivity contribution in [3.63, 3.8) is 0 Å². The largest absolute Gasteiger partial charge is 0.600 e. The molecule has 0 unspecified atom stereocenters. The van der Waals surface area contributed by atoms with Crippen LogP contribution in [0, 0.1) is 0 Å². The molecular weight excluding hydrogens is 221 g/mol. The van der Waals surface area contributed by atoms with Gasteiger partial charge in [0.2, 0.25) is 0 Å². The van der Waals surface area contributed by atoms with Gasteiger partial charge in [-0.2, -0.15) is 0 Å². The van der Waals surface area contributed by atoms with E-state index in [1.165, 1.54) is 6.42 Å². The maximum Gasteiger partial charge on any atom is 0.586 e. The van der Waals surface area contributed by atoms with Crippen LogP contribution in [0.2, 0.25) is 5.82 Å². The van der Waals surface area contributed by atoms with Crippen LogP contribution in [0.15, 0.2) is 0 Å². The monoisotopic (exact) mass is 239 g/mol. The summed E-state index contributed by atoms with van der Waals surface area (Å²) in [6, 6.07) is 0. The topological polar surface area (TPSA) is 52.6 Å². The molecule has 2 heterocycles. The first-order chi connectivity index (χ1) is 8.06. The van der Waals surface area contributed by atoms with E-state index in [0.29, 0.717) is 4.39 Å². The molecule has 3 fully saturated rings. The van der Waals surface area contributed by atoms with Gasteiger partial charge in [0.15, 0.2) is 0 Å². The van der Waals surface area contributed by atoms with Crippen molar-refractivity contribution >= 4 is 18.6 Å². The number of fused-ring (bicyclic) bond motifs is 1. The van der Waals surface area contributed by atoms with E-state index in [4.69, 9.17) is 9.31 Å². The first kappa shape index (κ1) is 11.1. The van der Waals surface area contributed by atoms with Gasteiger partial charge in [-0.25, -0.2) is 0 Å². The molecule has 1 aliphatic carbocycles. The minimum absolute atomic E-state index is 0.217. The van der Waals surface area contributed by atoms with Crippen LogP contribution in [0.25, 0.3) is 0 Å². The highest BCUT2D eigenvalue weighted by Crippen LogP contribution is 2.47. The Hall–Kier alpha value is -1.04. The zero-order chi connectivity index (χ0) is 12.1. The van der Waals surface area contributed by atoms with Gasteiger partial charge in [0.25, 0.3) is 0 Å². The first-order valence-corrected chi connectivity index (χ1v) is 6.48. The zero-order valence-corrected chi connectivity index (χ0v) is 10.2. The van der Waals surface area contributed by atoms with E-state index < -0.39 is 6.69 Å². The van der Waals surface area contributed by atoms with E-state index in [1.807, 2.05) is 7.05 Å². The van der Waals surface area contributed by atoms with Crippen molar-refractivity contribution in [2.45, 2.75) is 37.9 Å². The van der Waals surface area contributed by atoms with Crippen LogP contribution < -0.4 is 0 Å². The SMILES string of the molecule is C[N+]12CC(=O)O[B-]1(C1CCCCC1)OC(=O)C2. The summed E-state index contributed by atoms with van der Waals surface area (Å²) < 4.78 is 11.4. The fraction of sp³-hybridized carbons (Fsp3) is 0.818. The van der Waals surface area contributed by atoms with Crippen molar-refractivity contribution in [1.29, 1.82) is 0 Å². The molecule has 0 bridgehead atoms. The number of hydrogen-bond acceptors (Lipinski definition) is 4. The predicted molar refractivity (Wildman–Crippen MR) is 60.7 cm³/mol. The lowest BCUT2D eigenvalue weighted by molar-refractivity contribution is -0.794. The van der Waals surface area contributed by atoms with E-state index in [2.05, 4.69) is 0 Å². The van der Waals surface area contributed by atoms with Gasteiger partial charge in [-0.05, 0) is 5.82 Å². The Balaban J connectivity index is 1.96. The van der Waals surface area contributed by atoms with Gasteiger partial charge in [-0.15, -0.1) is 0 Å². The molecule has 3 aliphatic rings. The van der Waals surface area contributed by atoms with Crippen molar-refractivity contribution in [3.05, 3.63) is 0 Å². The summed E-state index contributed by atoms with van der Waals surface area (Å²) in [7, 11) is 1.92. The third-order valence-corrected chi connectivity index (χ3v) is 4.70. The first-order valence-electron chi connectivity index (χ1n) is 6.48.